The molecule has 0 bridgehead atoms. The minimum atomic E-state index is 0.0614. The zero-order valence-electron chi connectivity index (χ0n) is 8.05. The molecule has 0 aromatic heterocycles. The third kappa shape index (κ3) is 3.55. The summed E-state index contributed by atoms with van der Waals surface area (Å²) in [7, 11) is 1.82. The maximum Gasteiger partial charge on any atom is 0.317 e. The number of rotatable bonds is 3. The molecule has 0 unspecified atom stereocenters. The summed E-state index contributed by atoms with van der Waals surface area (Å²) in [5.41, 5.74) is 0. The van der Waals surface area contributed by atoms with Crippen molar-refractivity contribution in [1.29, 1.82) is 0 Å². The predicted octanol–water partition coefficient (Wildman–Crippen LogP) is 1.97. The van der Waals surface area contributed by atoms with E-state index in [1.165, 1.54) is 12.8 Å². The zero-order valence-corrected chi connectivity index (χ0v) is 9.64. The third-order valence-corrected chi connectivity index (χ3v) is 2.80. The lowest BCUT2D eigenvalue weighted by Crippen LogP contribution is -2.42. The van der Waals surface area contributed by atoms with E-state index in [0.717, 1.165) is 24.7 Å². The summed E-state index contributed by atoms with van der Waals surface area (Å²) in [6.45, 7) is 0.762. The average molecular weight is 249 g/mol. The molecule has 0 spiro atoms. The van der Waals surface area contributed by atoms with Gasteiger partial charge in [-0.3, -0.25) is 0 Å². The van der Waals surface area contributed by atoms with Crippen molar-refractivity contribution in [3.8, 4) is 0 Å². The van der Waals surface area contributed by atoms with Gasteiger partial charge in [-0.2, -0.15) is 0 Å². The molecule has 0 aliphatic heterocycles. The van der Waals surface area contributed by atoms with Crippen molar-refractivity contribution in [3.63, 3.8) is 0 Å². The van der Waals surface area contributed by atoms with Crippen LogP contribution in [0.5, 0.6) is 0 Å². The van der Waals surface area contributed by atoms with Gasteiger partial charge in [-0.1, -0.05) is 28.8 Å². The summed E-state index contributed by atoms with van der Waals surface area (Å²) in [5, 5.41) is 3.86. The van der Waals surface area contributed by atoms with Gasteiger partial charge in [0, 0.05) is 25.0 Å². The summed E-state index contributed by atoms with van der Waals surface area (Å²) >= 11 is 3.31. The van der Waals surface area contributed by atoms with Gasteiger partial charge < -0.3 is 10.2 Å². The Bertz CT molecular complexity index is 169. The Labute approximate surface area is 88.0 Å². The first-order chi connectivity index (χ1) is 6.24. The van der Waals surface area contributed by atoms with Crippen molar-refractivity contribution >= 4 is 22.0 Å². The third-order valence-electron chi connectivity index (χ3n) is 2.45. The van der Waals surface area contributed by atoms with Crippen LogP contribution in [0.1, 0.15) is 25.7 Å². The maximum absolute atomic E-state index is 11.5. The molecule has 1 fully saturated rings. The Balaban J connectivity index is 2.22. The van der Waals surface area contributed by atoms with Gasteiger partial charge in [-0.25, -0.2) is 4.79 Å². The molecule has 0 aromatic carbocycles. The quantitative estimate of drug-likeness (QED) is 0.762. The molecule has 1 aliphatic carbocycles. The number of alkyl halides is 1. The van der Waals surface area contributed by atoms with Gasteiger partial charge in [-0.05, 0) is 12.8 Å². The number of carbonyl (C=O) groups is 1. The fourth-order valence-electron chi connectivity index (χ4n) is 1.58. The highest BCUT2D eigenvalue weighted by atomic mass is 79.9. The summed E-state index contributed by atoms with van der Waals surface area (Å²) in [6.07, 6.45) is 4.81. The zero-order chi connectivity index (χ0) is 9.68. The average Bonchev–Trinajstić information content (AvgIpc) is 2.57. The van der Waals surface area contributed by atoms with Crippen molar-refractivity contribution in [2.75, 3.05) is 18.9 Å². The maximum atomic E-state index is 11.5. The first-order valence-electron chi connectivity index (χ1n) is 4.81. The standard InChI is InChI=1S/C9H17BrN2O/c1-12(7-6-10)9(13)11-8-4-2-3-5-8/h8H,2-7H2,1H3,(H,11,13). The topological polar surface area (TPSA) is 32.3 Å². The molecule has 13 heavy (non-hydrogen) atoms. The first-order valence-corrected chi connectivity index (χ1v) is 5.94. The molecule has 0 heterocycles. The van der Waals surface area contributed by atoms with E-state index in [-0.39, 0.29) is 6.03 Å². The molecular weight excluding hydrogens is 232 g/mol. The highest BCUT2D eigenvalue weighted by molar-refractivity contribution is 9.09. The smallest absolute Gasteiger partial charge is 0.317 e. The van der Waals surface area contributed by atoms with Crippen molar-refractivity contribution in [1.82, 2.24) is 10.2 Å². The number of hydrogen-bond donors (Lipinski definition) is 1. The van der Waals surface area contributed by atoms with Gasteiger partial charge in [0.05, 0.1) is 0 Å². The van der Waals surface area contributed by atoms with Crippen molar-refractivity contribution < 1.29 is 4.79 Å². The lowest BCUT2D eigenvalue weighted by atomic mass is 10.2. The van der Waals surface area contributed by atoms with Gasteiger partial charge >= 0.3 is 6.03 Å². The second-order valence-electron chi connectivity index (χ2n) is 3.54. The predicted molar refractivity (Wildman–Crippen MR) is 57.2 cm³/mol. The van der Waals surface area contributed by atoms with E-state index in [4.69, 9.17) is 0 Å². The number of urea groups is 1. The Kier molecular flexibility index (Phi) is 4.56. The first kappa shape index (κ1) is 10.8. The highest BCUT2D eigenvalue weighted by Gasteiger charge is 2.18. The van der Waals surface area contributed by atoms with Crippen LogP contribution >= 0.6 is 15.9 Å². The normalized spacial score (nSPS) is 17.4. The lowest BCUT2D eigenvalue weighted by Gasteiger charge is -2.19. The van der Waals surface area contributed by atoms with Crippen molar-refractivity contribution in [2.45, 2.75) is 31.7 Å². The van der Waals surface area contributed by atoms with Gasteiger partial charge in [-0.15, -0.1) is 0 Å². The number of carbonyl (C=O) groups excluding carboxylic acids is 1. The Morgan fingerprint density at radius 3 is 2.69 bits per heavy atom. The minimum absolute atomic E-state index is 0.0614. The summed E-state index contributed by atoms with van der Waals surface area (Å²) in [5.74, 6) is 0. The minimum Gasteiger partial charge on any atom is -0.335 e. The van der Waals surface area contributed by atoms with Gasteiger partial charge in [0.25, 0.3) is 0 Å². The lowest BCUT2D eigenvalue weighted by molar-refractivity contribution is 0.207. The highest BCUT2D eigenvalue weighted by Crippen LogP contribution is 2.17. The molecule has 1 aliphatic rings. The molecule has 2 amide bonds. The Hall–Kier alpha value is -0.250. The van der Waals surface area contributed by atoms with Gasteiger partial charge in [0.15, 0.2) is 0 Å². The summed E-state index contributed by atoms with van der Waals surface area (Å²) in [6, 6.07) is 0.483. The number of amides is 2. The van der Waals surface area contributed by atoms with Crippen LogP contribution in [0.3, 0.4) is 0 Å². The second-order valence-corrected chi connectivity index (χ2v) is 4.33. The van der Waals surface area contributed by atoms with Crippen LogP contribution in [0.2, 0.25) is 0 Å². The van der Waals surface area contributed by atoms with Crippen LogP contribution in [-0.4, -0.2) is 35.9 Å². The molecule has 0 aromatic rings. The molecule has 1 saturated carbocycles. The number of nitrogens with zero attached hydrogens (tertiary/aromatic N) is 1. The van der Waals surface area contributed by atoms with E-state index in [2.05, 4.69) is 21.2 Å². The molecular formula is C9H17BrN2O. The molecule has 4 heteroatoms. The van der Waals surface area contributed by atoms with Crippen LogP contribution in [0.15, 0.2) is 0 Å². The van der Waals surface area contributed by atoms with E-state index in [9.17, 15) is 4.79 Å². The fraction of sp³-hybridized carbons (Fsp3) is 0.889. The SMILES string of the molecule is CN(CCBr)C(=O)NC1CCCC1. The van der Waals surface area contributed by atoms with Crippen LogP contribution in [0.25, 0.3) is 0 Å². The van der Waals surface area contributed by atoms with E-state index in [0.29, 0.717) is 6.04 Å². The molecule has 0 radical (unpaired) electrons. The molecule has 0 saturated heterocycles. The van der Waals surface area contributed by atoms with E-state index < -0.39 is 0 Å². The van der Waals surface area contributed by atoms with Crippen LogP contribution < -0.4 is 5.32 Å². The summed E-state index contributed by atoms with van der Waals surface area (Å²) < 4.78 is 0. The van der Waals surface area contributed by atoms with Crippen LogP contribution in [0.4, 0.5) is 4.79 Å². The number of nitrogens with one attached hydrogen (secondary N) is 1. The molecule has 3 nitrogen and oxygen atoms in total. The van der Waals surface area contributed by atoms with Crippen molar-refractivity contribution in [2.24, 2.45) is 0 Å². The van der Waals surface area contributed by atoms with E-state index in [1.54, 1.807) is 4.90 Å². The van der Waals surface area contributed by atoms with E-state index >= 15 is 0 Å². The molecule has 0 atom stereocenters. The van der Waals surface area contributed by atoms with Gasteiger partial charge in [0.2, 0.25) is 0 Å². The fourth-order valence-corrected chi connectivity index (χ4v) is 2.12. The number of hydrogen-bond acceptors (Lipinski definition) is 1. The van der Waals surface area contributed by atoms with Crippen molar-refractivity contribution in [3.05, 3.63) is 0 Å². The van der Waals surface area contributed by atoms with Gasteiger partial charge in [0.1, 0.15) is 0 Å². The summed E-state index contributed by atoms with van der Waals surface area (Å²) in [4.78, 5) is 13.2. The monoisotopic (exact) mass is 248 g/mol. The molecule has 1 rings (SSSR count). The van der Waals surface area contributed by atoms with Crippen LogP contribution in [0, 0.1) is 0 Å². The molecule has 1 N–H and O–H groups in total. The number of halogens is 1. The largest absolute Gasteiger partial charge is 0.335 e. The Morgan fingerprint density at radius 2 is 2.15 bits per heavy atom. The molecule has 76 valence electrons. The second kappa shape index (κ2) is 5.47. The van der Waals surface area contributed by atoms with Crippen LogP contribution in [-0.2, 0) is 0 Å². The van der Waals surface area contributed by atoms with E-state index in [1.807, 2.05) is 7.05 Å². The Morgan fingerprint density at radius 1 is 1.54 bits per heavy atom.